The van der Waals surface area contributed by atoms with Crippen molar-refractivity contribution in [1.82, 2.24) is 4.90 Å². The largest absolute Gasteiger partial charge is 0.510 e. The van der Waals surface area contributed by atoms with Gasteiger partial charge in [-0.25, -0.2) is 0 Å². The third-order valence-corrected chi connectivity index (χ3v) is 9.63. The number of phenolic OH excluding ortho intramolecular Hbond substituents is 1. The topological polar surface area (TPSA) is 156 Å². The van der Waals surface area contributed by atoms with Gasteiger partial charge in [-0.15, -0.1) is 11.8 Å². The maximum absolute atomic E-state index is 13.9. The van der Waals surface area contributed by atoms with Gasteiger partial charge >= 0.3 is 0 Å². The van der Waals surface area contributed by atoms with Gasteiger partial charge in [0.2, 0.25) is 5.78 Å². The molecular formula is C30H31NO8S. The number of rotatable bonds is 6. The number of Topliss-reactive ketones (excluding diaryl/α,β-unsaturated/α-hetero) is 3. The Bertz CT molecular complexity index is 1470. The molecule has 0 saturated carbocycles. The predicted molar refractivity (Wildman–Crippen MR) is 147 cm³/mol. The summed E-state index contributed by atoms with van der Waals surface area (Å²) in [4.78, 5) is 42.5. The van der Waals surface area contributed by atoms with Gasteiger partial charge in [-0.1, -0.05) is 37.3 Å². The van der Waals surface area contributed by atoms with Gasteiger partial charge in [-0.05, 0) is 44.3 Å². The summed E-state index contributed by atoms with van der Waals surface area (Å²) in [6.07, 6.45) is -1.60. The van der Waals surface area contributed by atoms with Gasteiger partial charge in [-0.2, -0.15) is 0 Å². The Morgan fingerprint density at radius 2 is 1.73 bits per heavy atom. The Labute approximate surface area is 235 Å². The fraction of sp³-hybridized carbons (Fsp3) is 0.367. The minimum Gasteiger partial charge on any atom is -0.510 e. The van der Waals surface area contributed by atoms with E-state index in [1.165, 1.54) is 17.8 Å². The number of aliphatic hydroxyl groups is 4. The van der Waals surface area contributed by atoms with Crippen molar-refractivity contribution in [3.8, 4) is 5.75 Å². The Morgan fingerprint density at radius 1 is 1.05 bits per heavy atom. The van der Waals surface area contributed by atoms with Gasteiger partial charge < -0.3 is 25.5 Å². The number of ketones is 3. The summed E-state index contributed by atoms with van der Waals surface area (Å²) in [7, 11) is 1.60. The number of fused-ring (bicyclic) bond motifs is 3. The maximum Gasteiger partial charge on any atom is 0.209 e. The van der Waals surface area contributed by atoms with E-state index >= 15 is 0 Å². The fourth-order valence-corrected chi connectivity index (χ4v) is 7.63. The molecule has 0 aliphatic heterocycles. The molecule has 0 aromatic heterocycles. The number of carbonyl (C=O) groups is 3. The molecule has 0 bridgehead atoms. The zero-order valence-corrected chi connectivity index (χ0v) is 23.1. The smallest absolute Gasteiger partial charge is 0.209 e. The average molecular weight is 566 g/mol. The normalized spacial score (nSPS) is 29.8. The summed E-state index contributed by atoms with van der Waals surface area (Å²) in [6.45, 7) is 3.12. The van der Waals surface area contributed by atoms with Crippen LogP contribution in [0, 0.1) is 11.8 Å². The van der Waals surface area contributed by atoms with Crippen LogP contribution in [0.1, 0.15) is 35.7 Å². The summed E-state index contributed by atoms with van der Waals surface area (Å²) < 4.78 is 0. The first kappa shape index (κ1) is 28.1. The molecule has 0 heterocycles. The van der Waals surface area contributed by atoms with Gasteiger partial charge in [0.1, 0.15) is 22.8 Å². The van der Waals surface area contributed by atoms with Gasteiger partial charge in [-0.3, -0.25) is 19.3 Å². The lowest BCUT2D eigenvalue weighted by Gasteiger charge is -2.54. The molecule has 2 aromatic carbocycles. The number of nitrogens with zero attached hydrogens (tertiary/aromatic N) is 1. The number of aromatic hydroxyl groups is 1. The molecule has 0 saturated heterocycles. The van der Waals surface area contributed by atoms with Crippen molar-refractivity contribution in [3.05, 3.63) is 82.3 Å². The third-order valence-electron chi connectivity index (χ3n) is 8.50. The molecule has 0 fully saturated rings. The lowest BCUT2D eigenvalue weighted by atomic mass is 9.55. The van der Waals surface area contributed by atoms with E-state index in [-0.39, 0.29) is 16.9 Å². The Morgan fingerprint density at radius 3 is 2.35 bits per heavy atom. The van der Waals surface area contributed by atoms with Crippen LogP contribution in [0.25, 0.3) is 0 Å². The molecule has 210 valence electrons. The third kappa shape index (κ3) is 3.93. The van der Waals surface area contributed by atoms with E-state index < -0.39 is 69.9 Å². The Kier molecular flexibility index (Phi) is 7.16. The zero-order chi connectivity index (χ0) is 29.1. The van der Waals surface area contributed by atoms with Crippen LogP contribution >= 0.6 is 11.8 Å². The molecule has 3 aliphatic carbocycles. The second kappa shape index (κ2) is 10.2. The molecule has 9 nitrogen and oxygen atoms in total. The highest BCUT2D eigenvalue weighted by Crippen LogP contribution is 2.56. The first-order valence-electron chi connectivity index (χ1n) is 13.0. The molecule has 0 amide bonds. The van der Waals surface area contributed by atoms with Crippen LogP contribution in [-0.4, -0.2) is 84.9 Å². The SMILES string of the molecule is CCN(C)[C@@H]1C(O)=C(C(C)=O)C(=O)[C@@]2(O)C(O)=C3C(=O)c4c(O)cccc4C(CSc4ccccc4)C3C(O)C12. The number of thioether (sulfide) groups is 1. The van der Waals surface area contributed by atoms with Crippen LogP contribution in [0.5, 0.6) is 5.75 Å². The molecule has 6 atom stereocenters. The number of carbonyl (C=O) groups excluding carboxylic acids is 3. The molecule has 10 heteroatoms. The van der Waals surface area contributed by atoms with E-state index in [9.17, 15) is 39.9 Å². The van der Waals surface area contributed by atoms with E-state index in [0.717, 1.165) is 11.8 Å². The first-order valence-corrected chi connectivity index (χ1v) is 14.0. The van der Waals surface area contributed by atoms with E-state index in [4.69, 9.17) is 0 Å². The van der Waals surface area contributed by atoms with E-state index in [1.807, 2.05) is 30.3 Å². The van der Waals surface area contributed by atoms with Crippen molar-refractivity contribution in [3.63, 3.8) is 0 Å². The minimum atomic E-state index is -2.86. The van der Waals surface area contributed by atoms with Crippen molar-refractivity contribution in [1.29, 1.82) is 0 Å². The van der Waals surface area contributed by atoms with Gasteiger partial charge in [0.15, 0.2) is 17.2 Å². The monoisotopic (exact) mass is 565 g/mol. The summed E-state index contributed by atoms with van der Waals surface area (Å²) in [5.41, 5.74) is -3.55. The van der Waals surface area contributed by atoms with Gasteiger partial charge in [0, 0.05) is 28.1 Å². The average Bonchev–Trinajstić information content (AvgIpc) is 2.92. The highest BCUT2D eigenvalue weighted by molar-refractivity contribution is 7.99. The van der Waals surface area contributed by atoms with E-state index in [1.54, 1.807) is 31.0 Å². The van der Waals surface area contributed by atoms with E-state index in [0.29, 0.717) is 17.9 Å². The standard InChI is InChI=1S/C30H31NO8S/c1-4-31(3)24-23-26(35)21-17(13-40-15-9-6-5-7-10-15)16-11-8-12-18(33)20(16)25(34)22(21)29(38)30(23,39)28(37)19(14(2)32)27(24)36/h5-12,17,21,23-24,26,33,35-36,38-39H,4,13H2,1-3H3/t17?,21?,23?,24-,26?,30+/m0/s1. The predicted octanol–water partition coefficient (Wildman–Crippen LogP) is 2.92. The maximum atomic E-state index is 13.9. The second-order valence-corrected chi connectivity index (χ2v) is 11.6. The van der Waals surface area contributed by atoms with Crippen LogP contribution in [0.2, 0.25) is 0 Å². The fourth-order valence-electron chi connectivity index (χ4n) is 6.52. The molecule has 4 unspecified atom stereocenters. The molecule has 0 radical (unpaired) electrons. The lowest BCUT2D eigenvalue weighted by Crippen LogP contribution is -2.68. The summed E-state index contributed by atoms with van der Waals surface area (Å²) >= 11 is 1.45. The molecule has 5 N–H and O–H groups in total. The van der Waals surface area contributed by atoms with Crippen molar-refractivity contribution in [2.75, 3.05) is 19.3 Å². The summed E-state index contributed by atoms with van der Waals surface area (Å²) in [5, 5.41) is 57.5. The summed E-state index contributed by atoms with van der Waals surface area (Å²) in [6, 6.07) is 12.8. The molecule has 2 aromatic rings. The molecule has 3 aliphatic rings. The minimum absolute atomic E-state index is 0.0797. The number of hydrogen-bond acceptors (Lipinski definition) is 10. The van der Waals surface area contributed by atoms with Crippen molar-refractivity contribution in [2.24, 2.45) is 11.8 Å². The van der Waals surface area contributed by atoms with Crippen molar-refractivity contribution >= 4 is 29.1 Å². The number of phenols is 1. The number of hydrogen-bond donors (Lipinski definition) is 5. The first-order chi connectivity index (χ1) is 19.0. The van der Waals surface area contributed by atoms with Crippen LogP contribution in [0.4, 0.5) is 0 Å². The number of benzene rings is 2. The highest BCUT2D eigenvalue weighted by atomic mass is 32.2. The molecule has 0 spiro atoms. The van der Waals surface area contributed by atoms with Crippen molar-refractivity contribution in [2.45, 2.75) is 42.4 Å². The Balaban J connectivity index is 1.76. The highest BCUT2D eigenvalue weighted by Gasteiger charge is 2.67. The molecular weight excluding hydrogens is 534 g/mol. The van der Waals surface area contributed by atoms with Crippen LogP contribution in [0.3, 0.4) is 0 Å². The number of likely N-dealkylation sites (N-methyl/N-ethyl adjacent to an activating group) is 1. The number of aliphatic hydroxyl groups excluding tert-OH is 3. The molecule has 5 rings (SSSR count). The van der Waals surface area contributed by atoms with Crippen LogP contribution < -0.4 is 0 Å². The van der Waals surface area contributed by atoms with Crippen molar-refractivity contribution < 1.29 is 39.9 Å². The van der Waals surface area contributed by atoms with Crippen LogP contribution in [0.15, 0.2) is 76.1 Å². The Hall–Kier alpha value is -3.44. The van der Waals surface area contributed by atoms with Gasteiger partial charge in [0.05, 0.1) is 23.6 Å². The van der Waals surface area contributed by atoms with E-state index in [2.05, 4.69) is 0 Å². The molecule has 40 heavy (non-hydrogen) atoms. The zero-order valence-electron chi connectivity index (χ0n) is 22.2. The lowest BCUT2D eigenvalue weighted by molar-refractivity contribution is -0.162. The summed E-state index contributed by atoms with van der Waals surface area (Å²) in [5.74, 6) is -7.73. The van der Waals surface area contributed by atoms with Gasteiger partial charge in [0.25, 0.3) is 0 Å². The quantitative estimate of drug-likeness (QED) is 0.261. The second-order valence-electron chi connectivity index (χ2n) is 10.5. The van der Waals surface area contributed by atoms with Crippen LogP contribution in [-0.2, 0) is 9.59 Å².